The second kappa shape index (κ2) is 12.0. The summed E-state index contributed by atoms with van der Waals surface area (Å²) < 4.78 is 2.68. The Hall–Kier alpha value is -3.70. The zero-order valence-electron chi connectivity index (χ0n) is 21.5. The van der Waals surface area contributed by atoms with Crippen molar-refractivity contribution in [2.75, 3.05) is 6.54 Å². The Morgan fingerprint density at radius 1 is 1.05 bits per heavy atom. The first-order valence-corrected chi connectivity index (χ1v) is 12.7. The van der Waals surface area contributed by atoms with Crippen LogP contribution in [0, 0.1) is 23.2 Å². The molecule has 9 heteroatoms. The number of hydrogen-bond acceptors (Lipinski definition) is 5. The predicted octanol–water partition coefficient (Wildman–Crippen LogP) is 3.93. The highest BCUT2D eigenvalue weighted by atomic mass is 35.5. The van der Waals surface area contributed by atoms with Gasteiger partial charge in [-0.2, -0.15) is 5.26 Å². The molecule has 0 radical (unpaired) electrons. The Morgan fingerprint density at radius 2 is 1.76 bits per heavy atom. The number of fused-ring (bicyclic) bond motifs is 1. The van der Waals surface area contributed by atoms with Crippen LogP contribution in [0.4, 0.5) is 0 Å². The molecule has 0 bridgehead atoms. The minimum Gasteiger partial charge on any atom is -0.352 e. The molecular formula is C28H31ClN4O4. The number of carbonyl (C=O) groups is 2. The summed E-state index contributed by atoms with van der Waals surface area (Å²) in [5.41, 5.74) is 1.12. The van der Waals surface area contributed by atoms with Crippen LogP contribution in [0.2, 0.25) is 5.02 Å². The molecule has 1 amide bonds. The molecule has 1 aromatic heterocycles. The van der Waals surface area contributed by atoms with Gasteiger partial charge in [-0.3, -0.25) is 23.5 Å². The van der Waals surface area contributed by atoms with E-state index in [4.69, 9.17) is 16.9 Å². The summed E-state index contributed by atoms with van der Waals surface area (Å²) in [4.78, 5) is 51.2. The molecule has 0 aliphatic carbocycles. The number of ketones is 1. The van der Waals surface area contributed by atoms with E-state index in [9.17, 15) is 19.2 Å². The smallest absolute Gasteiger partial charge is 0.331 e. The Labute approximate surface area is 220 Å². The molecule has 37 heavy (non-hydrogen) atoms. The zero-order valence-corrected chi connectivity index (χ0v) is 22.3. The van der Waals surface area contributed by atoms with Gasteiger partial charge in [-0.05, 0) is 61.6 Å². The summed E-state index contributed by atoms with van der Waals surface area (Å²) in [7, 11) is 0. The molecule has 0 saturated heterocycles. The van der Waals surface area contributed by atoms with Crippen molar-refractivity contribution in [2.45, 2.75) is 53.6 Å². The predicted molar refractivity (Wildman–Crippen MR) is 144 cm³/mol. The summed E-state index contributed by atoms with van der Waals surface area (Å²) in [5, 5.41) is 12.5. The van der Waals surface area contributed by atoms with Crippen LogP contribution >= 0.6 is 11.6 Å². The van der Waals surface area contributed by atoms with Gasteiger partial charge in [0.15, 0.2) is 0 Å². The maximum absolute atomic E-state index is 13.0. The van der Waals surface area contributed by atoms with Gasteiger partial charge in [0.25, 0.3) is 11.5 Å². The molecule has 1 N–H and O–H groups in total. The number of amides is 1. The molecule has 0 aliphatic rings. The van der Waals surface area contributed by atoms with E-state index in [2.05, 4.69) is 5.32 Å². The van der Waals surface area contributed by atoms with Crippen molar-refractivity contribution in [3.63, 3.8) is 0 Å². The third-order valence-electron chi connectivity index (χ3n) is 6.63. The van der Waals surface area contributed by atoms with Gasteiger partial charge < -0.3 is 5.32 Å². The fourth-order valence-electron chi connectivity index (χ4n) is 4.37. The first kappa shape index (κ1) is 27.9. The maximum atomic E-state index is 13.0. The topological polar surface area (TPSA) is 114 Å². The third-order valence-corrected chi connectivity index (χ3v) is 6.94. The van der Waals surface area contributed by atoms with Gasteiger partial charge in [0.2, 0.25) is 0 Å². The lowest BCUT2D eigenvalue weighted by atomic mass is 9.89. The van der Waals surface area contributed by atoms with E-state index in [0.29, 0.717) is 40.1 Å². The van der Waals surface area contributed by atoms with E-state index in [1.807, 2.05) is 26.8 Å². The number of carbonyl (C=O) groups excluding carboxylic acids is 2. The Balaban J connectivity index is 1.74. The summed E-state index contributed by atoms with van der Waals surface area (Å²) in [6, 6.07) is 11.7. The largest absolute Gasteiger partial charge is 0.352 e. The average molecular weight is 523 g/mol. The van der Waals surface area contributed by atoms with E-state index >= 15 is 0 Å². The maximum Gasteiger partial charge on any atom is 0.331 e. The van der Waals surface area contributed by atoms with Crippen molar-refractivity contribution in [3.8, 4) is 6.07 Å². The molecule has 3 rings (SSSR count). The van der Waals surface area contributed by atoms with Crippen LogP contribution in [0.1, 0.15) is 55.6 Å². The van der Waals surface area contributed by atoms with E-state index in [1.54, 1.807) is 37.3 Å². The quantitative estimate of drug-likeness (QED) is 0.433. The molecule has 3 aromatic rings. The van der Waals surface area contributed by atoms with E-state index in [0.717, 1.165) is 10.1 Å². The van der Waals surface area contributed by atoms with Crippen molar-refractivity contribution in [3.05, 3.63) is 78.9 Å². The highest BCUT2D eigenvalue weighted by Crippen LogP contribution is 2.20. The lowest BCUT2D eigenvalue weighted by molar-refractivity contribution is -0.119. The number of nitriles is 1. The van der Waals surface area contributed by atoms with Gasteiger partial charge in [-0.15, -0.1) is 0 Å². The monoisotopic (exact) mass is 522 g/mol. The molecule has 0 spiro atoms. The van der Waals surface area contributed by atoms with Gasteiger partial charge >= 0.3 is 5.69 Å². The van der Waals surface area contributed by atoms with Gasteiger partial charge in [0.1, 0.15) is 11.9 Å². The van der Waals surface area contributed by atoms with Crippen LogP contribution in [0.3, 0.4) is 0 Å². The second-order valence-electron chi connectivity index (χ2n) is 9.37. The average Bonchev–Trinajstić information content (AvgIpc) is 2.86. The molecule has 1 atom stereocenters. The zero-order chi connectivity index (χ0) is 27.3. The van der Waals surface area contributed by atoms with Gasteiger partial charge in [-0.1, -0.05) is 31.5 Å². The molecular weight excluding hydrogens is 492 g/mol. The molecule has 0 saturated carbocycles. The first-order chi connectivity index (χ1) is 17.6. The SMILES string of the molecule is CCn1c(=O)c2cc(C(=O)NCC(CC(=O)Cc3ccc(C#N)c(Cl)c3)C(C)C)ccc2n(CC)c1=O. The molecule has 8 nitrogen and oxygen atoms in total. The number of halogens is 1. The summed E-state index contributed by atoms with van der Waals surface area (Å²) >= 11 is 6.08. The lowest BCUT2D eigenvalue weighted by Crippen LogP contribution is -2.39. The molecule has 2 aromatic carbocycles. The van der Waals surface area contributed by atoms with Gasteiger partial charge in [0, 0.05) is 38.0 Å². The number of rotatable bonds is 10. The van der Waals surface area contributed by atoms with Crippen molar-refractivity contribution in [2.24, 2.45) is 11.8 Å². The minimum atomic E-state index is -0.421. The van der Waals surface area contributed by atoms with Crippen molar-refractivity contribution in [1.82, 2.24) is 14.5 Å². The Morgan fingerprint density at radius 3 is 2.35 bits per heavy atom. The fraction of sp³-hybridized carbons (Fsp3) is 0.393. The fourth-order valence-corrected chi connectivity index (χ4v) is 4.62. The van der Waals surface area contributed by atoms with Crippen LogP contribution in [-0.2, 0) is 24.3 Å². The second-order valence-corrected chi connectivity index (χ2v) is 9.78. The van der Waals surface area contributed by atoms with Crippen molar-refractivity contribution < 1.29 is 9.59 Å². The molecule has 0 fully saturated rings. The Kier molecular flexibility index (Phi) is 9.06. The molecule has 1 heterocycles. The van der Waals surface area contributed by atoms with Crippen LogP contribution < -0.4 is 16.6 Å². The minimum absolute atomic E-state index is 0.0112. The number of benzene rings is 2. The molecule has 194 valence electrons. The number of Topliss-reactive ketones (excluding diaryl/α,β-unsaturated/α-hetero) is 1. The summed E-state index contributed by atoms with van der Waals surface area (Å²) in [6.45, 7) is 8.49. The van der Waals surface area contributed by atoms with Gasteiger partial charge in [-0.25, -0.2) is 4.79 Å². The van der Waals surface area contributed by atoms with Crippen molar-refractivity contribution in [1.29, 1.82) is 5.26 Å². The number of nitrogens with zero attached hydrogens (tertiary/aromatic N) is 3. The van der Waals surface area contributed by atoms with E-state index in [1.165, 1.54) is 10.6 Å². The van der Waals surface area contributed by atoms with Gasteiger partial charge in [0.05, 0.1) is 21.5 Å². The molecule has 1 unspecified atom stereocenters. The van der Waals surface area contributed by atoms with Crippen LogP contribution in [-0.4, -0.2) is 27.4 Å². The number of aromatic nitrogens is 2. The normalized spacial score (nSPS) is 11.9. The Bertz CT molecular complexity index is 1500. The summed E-state index contributed by atoms with van der Waals surface area (Å²) in [5.74, 6) is -0.290. The number of aryl methyl sites for hydroxylation is 1. The van der Waals surface area contributed by atoms with Crippen LogP contribution in [0.25, 0.3) is 10.9 Å². The van der Waals surface area contributed by atoms with Crippen LogP contribution in [0.15, 0.2) is 46.0 Å². The molecule has 0 aliphatic heterocycles. The highest BCUT2D eigenvalue weighted by Gasteiger charge is 2.20. The summed E-state index contributed by atoms with van der Waals surface area (Å²) in [6.07, 6.45) is 0.466. The van der Waals surface area contributed by atoms with Crippen LogP contribution in [0.5, 0.6) is 0 Å². The lowest BCUT2D eigenvalue weighted by Gasteiger charge is -2.21. The number of nitrogens with one attached hydrogen (secondary N) is 1. The number of hydrogen-bond donors (Lipinski definition) is 1. The van der Waals surface area contributed by atoms with Crippen molar-refractivity contribution >= 4 is 34.2 Å². The first-order valence-electron chi connectivity index (χ1n) is 12.4. The van der Waals surface area contributed by atoms with E-state index < -0.39 is 5.56 Å². The highest BCUT2D eigenvalue weighted by molar-refractivity contribution is 6.31. The standard InChI is InChI=1S/C28H31ClN4O4/c1-5-32-25-10-9-19(14-23(25)27(36)33(6-2)28(32)37)26(35)31-16-21(17(3)4)13-22(34)11-18-7-8-20(15-30)24(29)12-18/h7-10,12,14,17,21H,5-6,11,13,16H2,1-4H3,(H,31,35). The van der Waals surface area contributed by atoms with E-state index in [-0.39, 0.29) is 48.6 Å². The third kappa shape index (κ3) is 6.17.